The third-order valence-electron chi connectivity index (χ3n) is 5.59. The van der Waals surface area contributed by atoms with Gasteiger partial charge in [0.05, 0.1) is 22.2 Å². The minimum absolute atomic E-state index is 0.0307. The molecule has 1 aliphatic rings. The number of amides is 2. The first kappa shape index (κ1) is 25.5. The zero-order chi connectivity index (χ0) is 25.5. The maximum Gasteiger partial charge on any atom is 0.257 e. The van der Waals surface area contributed by atoms with Gasteiger partial charge in [0.25, 0.3) is 5.91 Å². The number of hydrogen-bond acceptors (Lipinski definition) is 2. The predicted molar refractivity (Wildman–Crippen MR) is 137 cm³/mol. The maximum atomic E-state index is 13.9. The molecule has 2 amide bonds. The number of nitrogens with one attached hydrogen (secondary N) is 2. The van der Waals surface area contributed by atoms with Crippen LogP contribution in [-0.2, 0) is 4.79 Å². The molecule has 1 saturated carbocycles. The fraction of sp³-hybridized carbons (Fsp3) is 0.120. The van der Waals surface area contributed by atoms with E-state index in [1.54, 1.807) is 24.3 Å². The van der Waals surface area contributed by atoms with Gasteiger partial charge in [0, 0.05) is 22.7 Å². The molecule has 4 nitrogen and oxygen atoms in total. The second kappa shape index (κ2) is 9.78. The molecule has 35 heavy (non-hydrogen) atoms. The summed E-state index contributed by atoms with van der Waals surface area (Å²) >= 11 is 25.1. The predicted octanol–water partition coefficient (Wildman–Crippen LogP) is 7.69. The largest absolute Gasteiger partial charge is 0.326 e. The summed E-state index contributed by atoms with van der Waals surface area (Å²) in [5, 5.41) is 5.59. The summed E-state index contributed by atoms with van der Waals surface area (Å²) in [5.74, 6) is -4.20. The zero-order valence-corrected chi connectivity index (χ0v) is 20.7. The molecule has 3 aromatic rings. The lowest BCUT2D eigenvalue weighted by Crippen LogP contribution is -2.18. The lowest BCUT2D eigenvalue weighted by Gasteiger charge is -2.11. The third kappa shape index (κ3) is 5.16. The molecule has 0 heterocycles. The van der Waals surface area contributed by atoms with Gasteiger partial charge in [-0.3, -0.25) is 9.59 Å². The van der Waals surface area contributed by atoms with Crippen molar-refractivity contribution in [2.45, 2.75) is 10.3 Å². The normalized spacial score (nSPS) is 18.0. The highest BCUT2D eigenvalue weighted by atomic mass is 35.5. The highest BCUT2D eigenvalue weighted by Crippen LogP contribution is 2.65. The molecule has 0 bridgehead atoms. The number of anilines is 2. The monoisotopic (exact) mass is 554 g/mol. The zero-order valence-electron chi connectivity index (χ0n) is 17.7. The summed E-state index contributed by atoms with van der Waals surface area (Å²) in [4.78, 5) is 25.6. The second-order valence-corrected chi connectivity index (χ2v) is 10.1. The average molecular weight is 556 g/mol. The van der Waals surface area contributed by atoms with Crippen molar-refractivity contribution in [1.29, 1.82) is 0 Å². The Morgan fingerprint density at radius 1 is 0.943 bits per heavy atom. The van der Waals surface area contributed by atoms with Crippen LogP contribution in [0.5, 0.6) is 0 Å². The highest BCUT2D eigenvalue weighted by molar-refractivity contribution is 6.53. The first-order chi connectivity index (χ1) is 16.5. The topological polar surface area (TPSA) is 58.2 Å². The van der Waals surface area contributed by atoms with Gasteiger partial charge in [-0.25, -0.2) is 8.78 Å². The van der Waals surface area contributed by atoms with Crippen LogP contribution in [0.2, 0.25) is 10.0 Å². The number of halogens is 6. The number of hydrogen-bond donors (Lipinski definition) is 2. The van der Waals surface area contributed by atoms with Crippen molar-refractivity contribution >= 4 is 75.7 Å². The Hall–Kier alpha value is -2.64. The summed E-state index contributed by atoms with van der Waals surface area (Å²) in [6.07, 6.45) is 1.59. The molecule has 1 fully saturated rings. The molecule has 3 aromatic carbocycles. The summed E-state index contributed by atoms with van der Waals surface area (Å²) < 4.78 is 25.7. The van der Waals surface area contributed by atoms with Crippen molar-refractivity contribution in [3.05, 3.63) is 99.5 Å². The molecule has 0 aliphatic heterocycles. The van der Waals surface area contributed by atoms with Gasteiger partial charge in [0.1, 0.15) is 16.0 Å². The van der Waals surface area contributed by atoms with Gasteiger partial charge in [-0.2, -0.15) is 0 Å². The summed E-state index contributed by atoms with van der Waals surface area (Å²) in [5.41, 5.74) is 1.41. The molecule has 0 saturated heterocycles. The van der Waals surface area contributed by atoms with Crippen LogP contribution in [0.4, 0.5) is 20.2 Å². The molecule has 2 atom stereocenters. The fourth-order valence-electron chi connectivity index (χ4n) is 3.76. The highest BCUT2D eigenvalue weighted by Gasteiger charge is 2.67. The van der Waals surface area contributed by atoms with Crippen LogP contribution in [0.3, 0.4) is 0 Å². The Balaban J connectivity index is 1.52. The van der Waals surface area contributed by atoms with Crippen LogP contribution in [0.1, 0.15) is 27.4 Å². The summed E-state index contributed by atoms with van der Waals surface area (Å²) in [6.45, 7) is 3.71. The van der Waals surface area contributed by atoms with E-state index in [0.717, 1.165) is 17.7 Å². The van der Waals surface area contributed by atoms with E-state index >= 15 is 0 Å². The van der Waals surface area contributed by atoms with Crippen molar-refractivity contribution in [3.63, 3.8) is 0 Å². The number of rotatable bonds is 6. The minimum atomic E-state index is -1.34. The Bertz CT molecular complexity index is 1360. The SMILES string of the molecule is C=Cc1cc([C@H]2[C@H](C(=O)Nc3ccc(Cl)c(C(=O)Nc4ccc(F)cc4F)c3)C2(Cl)Cl)ccc1Cl. The van der Waals surface area contributed by atoms with Crippen LogP contribution in [0.25, 0.3) is 6.08 Å². The number of benzene rings is 3. The number of carbonyl (C=O) groups is 2. The van der Waals surface area contributed by atoms with Gasteiger partial charge < -0.3 is 10.6 Å². The molecule has 2 N–H and O–H groups in total. The molecule has 0 unspecified atom stereocenters. The van der Waals surface area contributed by atoms with Gasteiger partial charge in [-0.05, 0) is 53.6 Å². The van der Waals surface area contributed by atoms with E-state index in [9.17, 15) is 18.4 Å². The van der Waals surface area contributed by atoms with E-state index in [4.69, 9.17) is 46.4 Å². The van der Waals surface area contributed by atoms with Gasteiger partial charge >= 0.3 is 0 Å². The quantitative estimate of drug-likeness (QED) is 0.306. The Morgan fingerprint density at radius 3 is 2.34 bits per heavy atom. The van der Waals surface area contributed by atoms with Gasteiger partial charge in [-0.1, -0.05) is 41.9 Å². The van der Waals surface area contributed by atoms with Gasteiger partial charge in [0.15, 0.2) is 0 Å². The van der Waals surface area contributed by atoms with Crippen molar-refractivity contribution < 1.29 is 18.4 Å². The van der Waals surface area contributed by atoms with Crippen LogP contribution >= 0.6 is 46.4 Å². The number of carbonyl (C=O) groups excluding carboxylic acids is 2. The van der Waals surface area contributed by atoms with E-state index in [0.29, 0.717) is 16.7 Å². The Labute approximate surface area is 219 Å². The first-order valence-corrected chi connectivity index (χ1v) is 11.7. The fourth-order valence-corrected chi connectivity index (χ4v) is 4.98. The molecule has 10 heteroatoms. The van der Waals surface area contributed by atoms with Crippen molar-refractivity contribution in [3.8, 4) is 0 Å². The lowest BCUT2D eigenvalue weighted by molar-refractivity contribution is -0.117. The van der Waals surface area contributed by atoms with Crippen molar-refractivity contribution in [2.24, 2.45) is 5.92 Å². The maximum absolute atomic E-state index is 13.9. The molecular weight excluding hydrogens is 540 g/mol. The van der Waals surface area contributed by atoms with Crippen molar-refractivity contribution in [1.82, 2.24) is 0 Å². The third-order valence-corrected chi connectivity index (χ3v) is 7.21. The molecule has 1 aliphatic carbocycles. The number of alkyl halides is 2. The standard InChI is InChI=1S/C25H16Cl4F2N2O2/c1-2-12-9-13(3-6-17(12)26)21-22(25(21,28)29)24(35)32-15-5-7-18(27)16(11-15)23(34)33-20-8-4-14(30)10-19(20)31/h2-11,21-22H,1H2,(H,32,35)(H,33,34)/t21-,22+/m0/s1. The molecule has 0 radical (unpaired) electrons. The van der Waals surface area contributed by atoms with E-state index in [-0.39, 0.29) is 22.0 Å². The van der Waals surface area contributed by atoms with E-state index in [1.807, 2.05) is 0 Å². The van der Waals surface area contributed by atoms with E-state index in [2.05, 4.69) is 17.2 Å². The Kier molecular flexibility index (Phi) is 7.11. The van der Waals surface area contributed by atoms with E-state index < -0.39 is 39.6 Å². The average Bonchev–Trinajstić information content (AvgIpc) is 3.39. The van der Waals surface area contributed by atoms with E-state index in [1.165, 1.54) is 18.2 Å². The van der Waals surface area contributed by atoms with Gasteiger partial charge in [-0.15, -0.1) is 23.2 Å². The Morgan fingerprint density at radius 2 is 1.66 bits per heavy atom. The minimum Gasteiger partial charge on any atom is -0.326 e. The second-order valence-electron chi connectivity index (χ2n) is 7.88. The van der Waals surface area contributed by atoms with Crippen LogP contribution in [0.15, 0.2) is 61.2 Å². The lowest BCUT2D eigenvalue weighted by atomic mass is 10.1. The smallest absolute Gasteiger partial charge is 0.257 e. The van der Waals surface area contributed by atoms with Crippen molar-refractivity contribution in [2.75, 3.05) is 10.6 Å². The molecule has 180 valence electrons. The first-order valence-electron chi connectivity index (χ1n) is 10.2. The molecule has 4 rings (SSSR count). The summed E-state index contributed by atoms with van der Waals surface area (Å²) in [7, 11) is 0. The summed E-state index contributed by atoms with van der Waals surface area (Å²) in [6, 6.07) is 12.2. The molecular formula is C25H16Cl4F2N2O2. The molecule has 0 spiro atoms. The van der Waals surface area contributed by atoms with Crippen LogP contribution in [-0.4, -0.2) is 16.1 Å². The van der Waals surface area contributed by atoms with Crippen LogP contribution < -0.4 is 10.6 Å². The molecule has 0 aromatic heterocycles. The van der Waals surface area contributed by atoms with Gasteiger partial charge in [0.2, 0.25) is 5.91 Å². The van der Waals surface area contributed by atoms with Crippen LogP contribution in [0, 0.1) is 17.6 Å².